The average molecular weight is 246 g/mol. The highest BCUT2D eigenvalue weighted by molar-refractivity contribution is 5.82. The summed E-state index contributed by atoms with van der Waals surface area (Å²) in [5.41, 5.74) is 3.67. The third-order valence-corrected chi connectivity index (χ3v) is 3.64. The van der Waals surface area contributed by atoms with E-state index >= 15 is 0 Å². The molecule has 1 amide bonds. The van der Waals surface area contributed by atoms with E-state index in [1.807, 2.05) is 0 Å². The van der Waals surface area contributed by atoms with Crippen molar-refractivity contribution in [3.63, 3.8) is 0 Å². The number of aryl methyl sites for hydroxylation is 2. The first-order valence-electron chi connectivity index (χ1n) is 6.69. The summed E-state index contributed by atoms with van der Waals surface area (Å²) in [6, 6.07) is 6.44. The summed E-state index contributed by atoms with van der Waals surface area (Å²) in [7, 11) is 0. The highest BCUT2D eigenvalue weighted by atomic mass is 16.2. The van der Waals surface area contributed by atoms with Gasteiger partial charge >= 0.3 is 0 Å². The molecule has 1 fully saturated rings. The molecule has 18 heavy (non-hydrogen) atoms. The Hall–Kier alpha value is -1.35. The molecule has 2 N–H and O–H groups in total. The van der Waals surface area contributed by atoms with Gasteiger partial charge < -0.3 is 10.6 Å². The van der Waals surface area contributed by atoms with Crippen LogP contribution >= 0.6 is 0 Å². The SMILES string of the molecule is Cc1ccc(C)c(C(C)NC(=O)[C@H]2CCCN2)c1. The first-order chi connectivity index (χ1) is 8.58. The van der Waals surface area contributed by atoms with E-state index in [-0.39, 0.29) is 18.0 Å². The molecule has 1 aromatic carbocycles. The molecule has 0 spiro atoms. The van der Waals surface area contributed by atoms with Crippen molar-refractivity contribution in [2.24, 2.45) is 0 Å². The molecule has 2 rings (SSSR count). The van der Waals surface area contributed by atoms with Crippen LogP contribution < -0.4 is 10.6 Å². The normalized spacial score (nSPS) is 20.7. The minimum Gasteiger partial charge on any atom is -0.348 e. The molecule has 0 radical (unpaired) electrons. The number of nitrogens with one attached hydrogen (secondary N) is 2. The van der Waals surface area contributed by atoms with Gasteiger partial charge in [-0.15, -0.1) is 0 Å². The van der Waals surface area contributed by atoms with Gasteiger partial charge in [-0.2, -0.15) is 0 Å². The van der Waals surface area contributed by atoms with Gasteiger partial charge in [0, 0.05) is 0 Å². The molecule has 1 unspecified atom stereocenters. The third kappa shape index (κ3) is 2.91. The van der Waals surface area contributed by atoms with Crippen LogP contribution in [0.5, 0.6) is 0 Å². The molecule has 3 heteroatoms. The standard InChI is InChI=1S/C15H22N2O/c1-10-6-7-11(2)13(9-10)12(3)17-15(18)14-5-4-8-16-14/h6-7,9,12,14,16H,4-5,8H2,1-3H3,(H,17,18)/t12?,14-/m1/s1. The summed E-state index contributed by atoms with van der Waals surface area (Å²) >= 11 is 0. The van der Waals surface area contributed by atoms with Crippen LogP contribution in [0, 0.1) is 13.8 Å². The van der Waals surface area contributed by atoms with Gasteiger partial charge in [0.1, 0.15) is 0 Å². The van der Waals surface area contributed by atoms with Crippen LogP contribution in [0.1, 0.15) is 42.5 Å². The van der Waals surface area contributed by atoms with Crippen LogP contribution in [0.15, 0.2) is 18.2 Å². The van der Waals surface area contributed by atoms with Crippen LogP contribution in [-0.2, 0) is 4.79 Å². The van der Waals surface area contributed by atoms with Crippen molar-refractivity contribution in [3.8, 4) is 0 Å². The van der Waals surface area contributed by atoms with Crippen molar-refractivity contribution < 1.29 is 4.79 Å². The van der Waals surface area contributed by atoms with Crippen molar-refractivity contribution in [1.82, 2.24) is 10.6 Å². The van der Waals surface area contributed by atoms with Gasteiger partial charge in [0.25, 0.3) is 0 Å². The van der Waals surface area contributed by atoms with Crippen molar-refractivity contribution in [1.29, 1.82) is 0 Å². The third-order valence-electron chi connectivity index (χ3n) is 3.64. The topological polar surface area (TPSA) is 41.1 Å². The number of carbonyl (C=O) groups excluding carboxylic acids is 1. The predicted octanol–water partition coefficient (Wildman–Crippen LogP) is 2.23. The molecular formula is C15H22N2O. The number of benzene rings is 1. The number of hydrogen-bond donors (Lipinski definition) is 2. The summed E-state index contributed by atoms with van der Waals surface area (Å²) < 4.78 is 0. The highest BCUT2D eigenvalue weighted by Gasteiger charge is 2.23. The first-order valence-corrected chi connectivity index (χ1v) is 6.69. The van der Waals surface area contributed by atoms with Crippen molar-refractivity contribution >= 4 is 5.91 Å². The molecule has 1 saturated heterocycles. The van der Waals surface area contributed by atoms with Crippen molar-refractivity contribution in [3.05, 3.63) is 34.9 Å². The van der Waals surface area contributed by atoms with Crippen LogP contribution in [0.3, 0.4) is 0 Å². The van der Waals surface area contributed by atoms with Crippen LogP contribution in [0.2, 0.25) is 0 Å². The second kappa shape index (κ2) is 5.53. The Morgan fingerprint density at radius 1 is 1.44 bits per heavy atom. The zero-order valence-corrected chi connectivity index (χ0v) is 11.4. The zero-order chi connectivity index (χ0) is 13.1. The Kier molecular flexibility index (Phi) is 4.02. The summed E-state index contributed by atoms with van der Waals surface area (Å²) in [6.45, 7) is 7.17. The van der Waals surface area contributed by atoms with E-state index < -0.39 is 0 Å². The van der Waals surface area contributed by atoms with Gasteiger partial charge in [-0.1, -0.05) is 23.8 Å². The number of rotatable bonds is 3. The van der Waals surface area contributed by atoms with Gasteiger partial charge in [-0.3, -0.25) is 4.79 Å². The smallest absolute Gasteiger partial charge is 0.237 e. The van der Waals surface area contributed by atoms with Gasteiger partial charge in [-0.25, -0.2) is 0 Å². The van der Waals surface area contributed by atoms with Crippen molar-refractivity contribution in [2.75, 3.05) is 6.54 Å². The van der Waals surface area contributed by atoms with Gasteiger partial charge in [0.2, 0.25) is 5.91 Å². The fraction of sp³-hybridized carbons (Fsp3) is 0.533. The molecule has 0 saturated carbocycles. The monoisotopic (exact) mass is 246 g/mol. The first kappa shape index (κ1) is 13.1. The number of amides is 1. The fourth-order valence-corrected chi connectivity index (χ4v) is 2.53. The minimum absolute atomic E-state index is 0.00225. The second-order valence-corrected chi connectivity index (χ2v) is 5.24. The Morgan fingerprint density at radius 3 is 2.89 bits per heavy atom. The van der Waals surface area contributed by atoms with E-state index in [4.69, 9.17) is 0 Å². The maximum Gasteiger partial charge on any atom is 0.237 e. The van der Waals surface area contributed by atoms with E-state index in [0.717, 1.165) is 19.4 Å². The van der Waals surface area contributed by atoms with E-state index in [1.54, 1.807) is 0 Å². The van der Waals surface area contributed by atoms with E-state index in [0.29, 0.717) is 0 Å². The number of hydrogen-bond acceptors (Lipinski definition) is 2. The lowest BCUT2D eigenvalue weighted by Gasteiger charge is -2.19. The van der Waals surface area contributed by atoms with Crippen LogP contribution in [-0.4, -0.2) is 18.5 Å². The van der Waals surface area contributed by atoms with E-state index in [2.05, 4.69) is 49.6 Å². The Morgan fingerprint density at radius 2 is 2.22 bits per heavy atom. The fourth-order valence-electron chi connectivity index (χ4n) is 2.53. The Labute approximate surface area is 109 Å². The molecule has 2 atom stereocenters. The summed E-state index contributed by atoms with van der Waals surface area (Å²) in [5, 5.41) is 6.33. The molecule has 0 bridgehead atoms. The number of carbonyl (C=O) groups is 1. The lowest BCUT2D eigenvalue weighted by Crippen LogP contribution is -2.41. The van der Waals surface area contributed by atoms with Crippen LogP contribution in [0.25, 0.3) is 0 Å². The molecule has 1 aromatic rings. The van der Waals surface area contributed by atoms with Gasteiger partial charge in [-0.05, 0) is 51.3 Å². The molecule has 3 nitrogen and oxygen atoms in total. The Bertz CT molecular complexity index is 436. The maximum absolute atomic E-state index is 12.1. The van der Waals surface area contributed by atoms with E-state index in [9.17, 15) is 4.79 Å². The molecule has 0 aromatic heterocycles. The molecule has 98 valence electrons. The largest absolute Gasteiger partial charge is 0.348 e. The summed E-state index contributed by atoms with van der Waals surface area (Å²) in [5.74, 6) is 0.126. The molecule has 1 aliphatic heterocycles. The minimum atomic E-state index is -0.00225. The maximum atomic E-state index is 12.1. The lowest BCUT2D eigenvalue weighted by molar-refractivity contribution is -0.123. The van der Waals surface area contributed by atoms with E-state index in [1.165, 1.54) is 16.7 Å². The second-order valence-electron chi connectivity index (χ2n) is 5.24. The quantitative estimate of drug-likeness (QED) is 0.858. The zero-order valence-electron chi connectivity index (χ0n) is 11.4. The van der Waals surface area contributed by atoms with Crippen molar-refractivity contribution in [2.45, 2.75) is 45.7 Å². The molecular weight excluding hydrogens is 224 g/mol. The lowest BCUT2D eigenvalue weighted by atomic mass is 9.99. The van der Waals surface area contributed by atoms with Gasteiger partial charge in [0.05, 0.1) is 12.1 Å². The average Bonchev–Trinajstić information content (AvgIpc) is 2.85. The Balaban J connectivity index is 2.04. The summed E-state index contributed by atoms with van der Waals surface area (Å²) in [4.78, 5) is 12.1. The molecule has 0 aliphatic carbocycles. The molecule has 1 heterocycles. The van der Waals surface area contributed by atoms with Gasteiger partial charge in [0.15, 0.2) is 0 Å². The highest BCUT2D eigenvalue weighted by Crippen LogP contribution is 2.19. The molecule has 1 aliphatic rings. The van der Waals surface area contributed by atoms with Crippen LogP contribution in [0.4, 0.5) is 0 Å². The predicted molar refractivity (Wildman–Crippen MR) is 73.5 cm³/mol. The summed E-state index contributed by atoms with van der Waals surface area (Å²) in [6.07, 6.45) is 2.04.